The van der Waals surface area contributed by atoms with Crippen molar-refractivity contribution < 1.29 is 0 Å². The first-order valence-electron chi connectivity index (χ1n) is 5.67. The summed E-state index contributed by atoms with van der Waals surface area (Å²) in [5, 5.41) is 0. The number of hydrogen-bond donors (Lipinski definition) is 0. The topological polar surface area (TPSA) is 16.1 Å². The second-order valence-corrected chi connectivity index (χ2v) is 5.53. The van der Waals surface area contributed by atoms with Crippen LogP contribution in [-0.2, 0) is 5.54 Å². The van der Waals surface area contributed by atoms with Crippen molar-refractivity contribution >= 4 is 28.3 Å². The highest BCUT2D eigenvalue weighted by Gasteiger charge is 2.45. The molecule has 0 bridgehead atoms. The Labute approximate surface area is 111 Å². The summed E-state index contributed by atoms with van der Waals surface area (Å²) in [7, 11) is 0. The maximum atomic E-state index is 4.31. The van der Waals surface area contributed by atoms with Crippen LogP contribution in [0, 0.1) is 0 Å². The number of nitrogens with zero attached hydrogens (tertiary/aromatic N) is 2. The molecule has 2 aliphatic heterocycles. The Hall–Kier alpha value is -0.120. The van der Waals surface area contributed by atoms with E-state index >= 15 is 0 Å². The molecule has 0 spiro atoms. The molecule has 0 aromatic carbocycles. The molecule has 3 heterocycles. The lowest BCUT2D eigenvalue weighted by atomic mass is 9.87. The summed E-state index contributed by atoms with van der Waals surface area (Å²) in [4.78, 5) is 6.96. The Morgan fingerprint density at radius 3 is 2.50 bits per heavy atom. The van der Waals surface area contributed by atoms with Crippen LogP contribution in [0.1, 0.15) is 31.2 Å². The van der Waals surface area contributed by atoms with Gasteiger partial charge in [0, 0.05) is 22.4 Å². The summed E-state index contributed by atoms with van der Waals surface area (Å²) in [5.74, 6) is 0. The molecular formula is C12H16BrClN2. The molecule has 0 amide bonds. The monoisotopic (exact) mass is 302 g/mol. The van der Waals surface area contributed by atoms with Crippen molar-refractivity contribution in [1.29, 1.82) is 0 Å². The molecule has 3 rings (SSSR count). The van der Waals surface area contributed by atoms with E-state index in [-0.39, 0.29) is 12.4 Å². The highest BCUT2D eigenvalue weighted by atomic mass is 79.9. The average molecular weight is 304 g/mol. The van der Waals surface area contributed by atoms with Crippen LogP contribution in [-0.4, -0.2) is 23.0 Å². The molecule has 2 fully saturated rings. The molecule has 0 atom stereocenters. The zero-order chi connectivity index (χ0) is 10.3. The zero-order valence-corrected chi connectivity index (χ0v) is 11.6. The fraction of sp³-hybridized carbons (Fsp3) is 0.583. The summed E-state index contributed by atoms with van der Waals surface area (Å²) >= 11 is 3.52. The average Bonchev–Trinajstić information content (AvgIpc) is 2.75. The van der Waals surface area contributed by atoms with Crippen molar-refractivity contribution in [3.05, 3.63) is 28.5 Å². The van der Waals surface area contributed by atoms with Gasteiger partial charge in [-0.15, -0.1) is 12.4 Å². The van der Waals surface area contributed by atoms with Crippen LogP contribution >= 0.6 is 28.3 Å². The maximum Gasteiger partial charge on any atom is 0.0477 e. The minimum Gasteiger partial charge on any atom is -0.294 e. The zero-order valence-electron chi connectivity index (χ0n) is 9.16. The number of rotatable bonds is 1. The number of pyridine rings is 1. The molecule has 0 N–H and O–H groups in total. The van der Waals surface area contributed by atoms with Gasteiger partial charge < -0.3 is 0 Å². The third-order valence-electron chi connectivity index (χ3n) is 3.88. The van der Waals surface area contributed by atoms with Crippen LogP contribution in [0.4, 0.5) is 0 Å². The molecule has 2 nitrogen and oxygen atoms in total. The molecule has 2 saturated heterocycles. The predicted octanol–water partition coefficient (Wildman–Crippen LogP) is 3.35. The summed E-state index contributed by atoms with van der Waals surface area (Å²) in [6, 6.07) is 2.25. The van der Waals surface area contributed by atoms with Crippen LogP contribution < -0.4 is 0 Å². The first kappa shape index (κ1) is 12.3. The quantitative estimate of drug-likeness (QED) is 0.791. The van der Waals surface area contributed by atoms with Gasteiger partial charge in [0.1, 0.15) is 0 Å². The van der Waals surface area contributed by atoms with E-state index in [0.29, 0.717) is 5.54 Å². The molecule has 0 aliphatic carbocycles. The Morgan fingerprint density at radius 1 is 1.19 bits per heavy atom. The molecule has 0 unspecified atom stereocenters. The highest BCUT2D eigenvalue weighted by Crippen LogP contribution is 2.46. The Kier molecular flexibility index (Phi) is 3.57. The standard InChI is InChI=1S/C12H15BrN2.ClH/c13-11-7-10(8-14-9-11)12-3-1-5-15(12)6-2-4-12;/h7-9H,1-6H2;1H. The van der Waals surface area contributed by atoms with Crippen LogP contribution in [0.2, 0.25) is 0 Å². The molecule has 0 saturated carbocycles. The Balaban J connectivity index is 0.000000963. The number of fused-ring (bicyclic) bond motifs is 1. The van der Waals surface area contributed by atoms with Crippen molar-refractivity contribution in [2.24, 2.45) is 0 Å². The van der Waals surface area contributed by atoms with Crippen LogP contribution in [0.25, 0.3) is 0 Å². The minimum atomic E-state index is 0. The van der Waals surface area contributed by atoms with Crippen molar-refractivity contribution in [1.82, 2.24) is 9.88 Å². The highest BCUT2D eigenvalue weighted by molar-refractivity contribution is 9.10. The SMILES string of the molecule is Brc1cncc(C23CCCN2CCC3)c1.Cl. The van der Waals surface area contributed by atoms with Gasteiger partial charge in [-0.05, 0) is 66.3 Å². The van der Waals surface area contributed by atoms with Gasteiger partial charge in [-0.25, -0.2) is 0 Å². The third kappa shape index (κ3) is 1.79. The lowest BCUT2D eigenvalue weighted by Gasteiger charge is -2.32. The molecule has 0 radical (unpaired) electrons. The molecule has 2 aliphatic rings. The van der Waals surface area contributed by atoms with Crippen molar-refractivity contribution in [3.63, 3.8) is 0 Å². The van der Waals surface area contributed by atoms with E-state index in [1.54, 1.807) is 0 Å². The first-order valence-corrected chi connectivity index (χ1v) is 6.47. The lowest BCUT2D eigenvalue weighted by Crippen LogP contribution is -2.35. The van der Waals surface area contributed by atoms with Crippen molar-refractivity contribution in [3.8, 4) is 0 Å². The second-order valence-electron chi connectivity index (χ2n) is 4.62. The maximum absolute atomic E-state index is 4.31. The number of hydrogen-bond acceptors (Lipinski definition) is 2. The van der Waals surface area contributed by atoms with E-state index < -0.39 is 0 Å². The van der Waals surface area contributed by atoms with Gasteiger partial charge >= 0.3 is 0 Å². The van der Waals surface area contributed by atoms with Gasteiger partial charge in [-0.1, -0.05) is 0 Å². The van der Waals surface area contributed by atoms with Gasteiger partial charge in [-0.3, -0.25) is 9.88 Å². The summed E-state index contributed by atoms with van der Waals surface area (Å²) in [6.07, 6.45) is 9.22. The van der Waals surface area contributed by atoms with Gasteiger partial charge in [0.05, 0.1) is 0 Å². The van der Waals surface area contributed by atoms with Gasteiger partial charge in [0.15, 0.2) is 0 Å². The predicted molar refractivity (Wildman–Crippen MR) is 70.9 cm³/mol. The van der Waals surface area contributed by atoms with Crippen molar-refractivity contribution in [2.75, 3.05) is 13.1 Å². The summed E-state index contributed by atoms with van der Waals surface area (Å²) in [5.41, 5.74) is 1.74. The van der Waals surface area contributed by atoms with E-state index in [1.807, 2.05) is 6.20 Å². The van der Waals surface area contributed by atoms with Gasteiger partial charge in [0.2, 0.25) is 0 Å². The number of aromatic nitrogens is 1. The summed E-state index contributed by atoms with van der Waals surface area (Å²) < 4.78 is 1.10. The van der Waals surface area contributed by atoms with Gasteiger partial charge in [0.25, 0.3) is 0 Å². The van der Waals surface area contributed by atoms with E-state index in [0.717, 1.165) is 4.47 Å². The molecular weight excluding hydrogens is 288 g/mol. The number of halogens is 2. The van der Waals surface area contributed by atoms with Crippen molar-refractivity contribution in [2.45, 2.75) is 31.2 Å². The fourth-order valence-corrected chi connectivity index (χ4v) is 3.61. The molecule has 88 valence electrons. The van der Waals surface area contributed by atoms with E-state index in [4.69, 9.17) is 0 Å². The summed E-state index contributed by atoms with van der Waals surface area (Å²) in [6.45, 7) is 2.54. The minimum absolute atomic E-state index is 0. The van der Waals surface area contributed by atoms with E-state index in [1.165, 1.54) is 44.3 Å². The second kappa shape index (κ2) is 4.63. The van der Waals surface area contributed by atoms with E-state index in [2.05, 4.69) is 38.1 Å². The molecule has 1 aromatic heterocycles. The molecule has 1 aromatic rings. The first-order chi connectivity index (χ1) is 7.31. The third-order valence-corrected chi connectivity index (χ3v) is 4.32. The largest absolute Gasteiger partial charge is 0.294 e. The lowest BCUT2D eigenvalue weighted by molar-refractivity contribution is 0.197. The molecule has 4 heteroatoms. The van der Waals surface area contributed by atoms with Crippen LogP contribution in [0.15, 0.2) is 22.9 Å². The Bertz CT molecular complexity index is 373. The van der Waals surface area contributed by atoms with Crippen LogP contribution in [0.3, 0.4) is 0 Å². The smallest absolute Gasteiger partial charge is 0.0477 e. The fourth-order valence-electron chi connectivity index (χ4n) is 3.24. The normalized spacial score (nSPS) is 22.8. The van der Waals surface area contributed by atoms with Crippen LogP contribution in [0.5, 0.6) is 0 Å². The Morgan fingerprint density at radius 2 is 1.88 bits per heavy atom. The molecule has 16 heavy (non-hydrogen) atoms. The van der Waals surface area contributed by atoms with Gasteiger partial charge in [-0.2, -0.15) is 0 Å². The van der Waals surface area contributed by atoms with E-state index in [9.17, 15) is 0 Å².